The molecule has 0 fully saturated rings. The first-order chi connectivity index (χ1) is 13.8. The molecule has 3 aromatic rings. The summed E-state index contributed by atoms with van der Waals surface area (Å²) in [5.74, 6) is -1.02. The van der Waals surface area contributed by atoms with Gasteiger partial charge in [-0.2, -0.15) is 5.10 Å². The van der Waals surface area contributed by atoms with Gasteiger partial charge in [-0.3, -0.25) is 9.59 Å². The molecular formula is C20H20FN5O3. The third-order valence-electron chi connectivity index (χ3n) is 4.86. The van der Waals surface area contributed by atoms with Crippen LogP contribution in [-0.4, -0.2) is 33.0 Å². The van der Waals surface area contributed by atoms with Gasteiger partial charge < -0.3 is 15.4 Å². The van der Waals surface area contributed by atoms with Crippen LogP contribution in [0, 0.1) is 26.6 Å². The monoisotopic (exact) mass is 397 g/mol. The van der Waals surface area contributed by atoms with Gasteiger partial charge in [0.15, 0.2) is 12.3 Å². The summed E-state index contributed by atoms with van der Waals surface area (Å²) in [6, 6.07) is 4.41. The summed E-state index contributed by atoms with van der Waals surface area (Å²) in [6.45, 7) is 5.60. The Labute approximate surface area is 166 Å². The van der Waals surface area contributed by atoms with Crippen molar-refractivity contribution < 1.29 is 18.7 Å². The number of ether oxygens (including phenoxy) is 1. The predicted octanol–water partition coefficient (Wildman–Crippen LogP) is 2.70. The molecule has 2 aromatic heterocycles. The number of rotatable bonds is 4. The van der Waals surface area contributed by atoms with E-state index < -0.39 is 5.82 Å². The van der Waals surface area contributed by atoms with Gasteiger partial charge in [-0.25, -0.2) is 13.9 Å². The summed E-state index contributed by atoms with van der Waals surface area (Å²) in [5.41, 5.74) is 4.61. The first-order valence-electron chi connectivity index (χ1n) is 9.20. The Kier molecular flexibility index (Phi) is 4.65. The largest absolute Gasteiger partial charge is 0.481 e. The van der Waals surface area contributed by atoms with Crippen LogP contribution < -0.4 is 15.4 Å². The number of anilines is 2. The molecule has 150 valence electrons. The highest BCUT2D eigenvalue weighted by Crippen LogP contribution is 2.33. The zero-order valence-corrected chi connectivity index (χ0v) is 16.3. The Morgan fingerprint density at radius 1 is 1.31 bits per heavy atom. The zero-order chi connectivity index (χ0) is 20.7. The van der Waals surface area contributed by atoms with Crippen molar-refractivity contribution >= 4 is 28.8 Å². The molecule has 1 aliphatic heterocycles. The number of amides is 2. The summed E-state index contributed by atoms with van der Waals surface area (Å²) in [4.78, 5) is 28.3. The molecule has 0 unspecified atom stereocenters. The molecule has 4 rings (SSSR count). The normalized spacial score (nSPS) is 13.0. The van der Waals surface area contributed by atoms with E-state index in [0.29, 0.717) is 12.2 Å². The summed E-state index contributed by atoms with van der Waals surface area (Å²) in [7, 11) is 0. The molecule has 2 amide bonds. The zero-order valence-electron chi connectivity index (χ0n) is 16.3. The van der Waals surface area contributed by atoms with Crippen LogP contribution in [0.25, 0.3) is 5.65 Å². The van der Waals surface area contributed by atoms with E-state index in [2.05, 4.69) is 20.7 Å². The predicted molar refractivity (Wildman–Crippen MR) is 105 cm³/mol. The molecule has 8 nitrogen and oxygen atoms in total. The van der Waals surface area contributed by atoms with Crippen LogP contribution in [0.2, 0.25) is 0 Å². The van der Waals surface area contributed by atoms with Crippen molar-refractivity contribution in [3.63, 3.8) is 0 Å². The number of halogens is 1. The average Bonchev–Trinajstić information content (AvgIpc) is 3.02. The van der Waals surface area contributed by atoms with Crippen molar-refractivity contribution in [2.75, 3.05) is 17.2 Å². The maximum Gasteiger partial charge on any atom is 0.262 e. The highest BCUT2D eigenvalue weighted by molar-refractivity contribution is 5.97. The lowest BCUT2D eigenvalue weighted by atomic mass is 10.1. The standard InChI is InChI=1S/C20H20FN5O3/c1-10-6-18-22-11(2)13(12(3)26(18)25-10)4-5-19(27)23-15-8-17-16(7-14(15)21)24-20(28)9-29-17/h6-8H,4-5,9H2,1-3H3,(H,23,27)(H,24,28). The third-order valence-corrected chi connectivity index (χ3v) is 4.86. The maximum atomic E-state index is 14.3. The molecule has 0 aliphatic carbocycles. The van der Waals surface area contributed by atoms with Crippen molar-refractivity contribution in [1.29, 1.82) is 0 Å². The molecule has 3 heterocycles. The number of benzene rings is 1. The molecular weight excluding hydrogens is 377 g/mol. The summed E-state index contributed by atoms with van der Waals surface area (Å²) < 4.78 is 21.3. The fourth-order valence-corrected chi connectivity index (χ4v) is 3.45. The molecule has 0 saturated heterocycles. The second-order valence-electron chi connectivity index (χ2n) is 7.03. The van der Waals surface area contributed by atoms with Crippen LogP contribution in [0.5, 0.6) is 5.75 Å². The number of carbonyl (C=O) groups is 2. The fourth-order valence-electron chi connectivity index (χ4n) is 3.45. The topological polar surface area (TPSA) is 97.6 Å². The van der Waals surface area contributed by atoms with E-state index in [-0.39, 0.29) is 36.2 Å². The Morgan fingerprint density at radius 3 is 2.90 bits per heavy atom. The number of aromatic nitrogens is 3. The van der Waals surface area contributed by atoms with Crippen molar-refractivity contribution in [1.82, 2.24) is 14.6 Å². The minimum Gasteiger partial charge on any atom is -0.481 e. The SMILES string of the molecule is Cc1cc2nc(C)c(CCC(=O)Nc3cc4c(cc3F)NC(=O)CO4)c(C)n2n1. The van der Waals surface area contributed by atoms with E-state index in [9.17, 15) is 14.0 Å². The highest BCUT2D eigenvalue weighted by atomic mass is 19.1. The van der Waals surface area contributed by atoms with Gasteiger partial charge in [0, 0.05) is 36.0 Å². The van der Waals surface area contributed by atoms with Crippen molar-refractivity contribution in [3.8, 4) is 5.75 Å². The summed E-state index contributed by atoms with van der Waals surface area (Å²) in [6.07, 6.45) is 0.605. The van der Waals surface area contributed by atoms with E-state index in [4.69, 9.17) is 4.74 Å². The first kappa shape index (κ1) is 18.9. The first-order valence-corrected chi connectivity index (χ1v) is 9.20. The lowest BCUT2D eigenvalue weighted by molar-refractivity contribution is -0.118. The molecule has 1 aliphatic rings. The quantitative estimate of drug-likeness (QED) is 0.705. The van der Waals surface area contributed by atoms with Gasteiger partial charge in [-0.1, -0.05) is 0 Å². The number of aryl methyl sites for hydroxylation is 3. The lowest BCUT2D eigenvalue weighted by Gasteiger charge is -2.19. The molecule has 0 bridgehead atoms. The van der Waals surface area contributed by atoms with Gasteiger partial charge in [0.1, 0.15) is 11.6 Å². The van der Waals surface area contributed by atoms with Gasteiger partial charge in [-0.15, -0.1) is 0 Å². The van der Waals surface area contributed by atoms with E-state index in [1.54, 1.807) is 4.52 Å². The van der Waals surface area contributed by atoms with Crippen molar-refractivity contribution in [2.24, 2.45) is 0 Å². The molecule has 0 radical (unpaired) electrons. The highest BCUT2D eigenvalue weighted by Gasteiger charge is 2.20. The van der Waals surface area contributed by atoms with Gasteiger partial charge in [-0.05, 0) is 32.8 Å². The Balaban J connectivity index is 1.49. The fraction of sp³-hybridized carbons (Fsp3) is 0.300. The number of hydrogen-bond donors (Lipinski definition) is 2. The van der Waals surface area contributed by atoms with Crippen LogP contribution in [0.15, 0.2) is 18.2 Å². The number of carbonyl (C=O) groups excluding carboxylic acids is 2. The molecule has 1 aromatic carbocycles. The minimum atomic E-state index is -0.648. The molecule has 0 atom stereocenters. The number of nitrogens with one attached hydrogen (secondary N) is 2. The van der Waals surface area contributed by atoms with E-state index in [1.807, 2.05) is 26.8 Å². The smallest absolute Gasteiger partial charge is 0.262 e. The van der Waals surface area contributed by atoms with Gasteiger partial charge in [0.25, 0.3) is 5.91 Å². The number of nitrogens with zero attached hydrogens (tertiary/aromatic N) is 3. The minimum absolute atomic E-state index is 0.00891. The molecule has 2 N–H and O–H groups in total. The second-order valence-corrected chi connectivity index (χ2v) is 7.03. The van der Waals surface area contributed by atoms with Crippen LogP contribution in [-0.2, 0) is 16.0 Å². The van der Waals surface area contributed by atoms with Gasteiger partial charge in [0.05, 0.1) is 17.1 Å². The van der Waals surface area contributed by atoms with Crippen molar-refractivity contribution in [3.05, 3.63) is 46.7 Å². The van der Waals surface area contributed by atoms with Gasteiger partial charge >= 0.3 is 0 Å². The second kappa shape index (κ2) is 7.16. The number of fused-ring (bicyclic) bond motifs is 2. The van der Waals surface area contributed by atoms with Crippen LogP contribution in [0.4, 0.5) is 15.8 Å². The molecule has 9 heteroatoms. The number of hydrogen-bond acceptors (Lipinski definition) is 5. The van der Waals surface area contributed by atoms with Gasteiger partial charge in [0.2, 0.25) is 5.91 Å². The Bertz CT molecular complexity index is 1150. The van der Waals surface area contributed by atoms with Crippen LogP contribution in [0.3, 0.4) is 0 Å². The molecule has 0 saturated carbocycles. The molecule has 0 spiro atoms. The summed E-state index contributed by atoms with van der Waals surface area (Å²) in [5, 5.41) is 9.52. The Hall–Kier alpha value is -3.49. The molecule has 29 heavy (non-hydrogen) atoms. The maximum absolute atomic E-state index is 14.3. The lowest BCUT2D eigenvalue weighted by Crippen LogP contribution is -2.25. The van der Waals surface area contributed by atoms with E-state index in [1.165, 1.54) is 6.07 Å². The van der Waals surface area contributed by atoms with Crippen LogP contribution in [0.1, 0.15) is 29.1 Å². The van der Waals surface area contributed by atoms with E-state index >= 15 is 0 Å². The third kappa shape index (κ3) is 3.63. The average molecular weight is 397 g/mol. The summed E-state index contributed by atoms with van der Waals surface area (Å²) >= 11 is 0. The van der Waals surface area contributed by atoms with Crippen LogP contribution >= 0.6 is 0 Å². The van der Waals surface area contributed by atoms with Crippen molar-refractivity contribution in [2.45, 2.75) is 33.6 Å². The Morgan fingerprint density at radius 2 is 2.10 bits per heavy atom. The van der Waals surface area contributed by atoms with E-state index in [0.717, 1.165) is 34.4 Å².